The van der Waals surface area contributed by atoms with Gasteiger partial charge in [-0.1, -0.05) is 23.2 Å². The Morgan fingerprint density at radius 1 is 1.27 bits per heavy atom. The van der Waals surface area contributed by atoms with Crippen LogP contribution in [0, 0.1) is 0 Å². The Morgan fingerprint density at radius 3 is 2.60 bits per heavy atom. The van der Waals surface area contributed by atoms with Crippen molar-refractivity contribution in [1.82, 2.24) is 15.1 Å². The molecule has 0 N–H and O–H groups in total. The standard InChI is InChI=1S/C9H9Cl2N3O/c10-7-5-6(8(11)13-12-7)9(15)14-3-1-2-4-14/h5H,1-4H2. The molecule has 1 aliphatic heterocycles. The van der Waals surface area contributed by atoms with Crippen molar-refractivity contribution in [1.29, 1.82) is 0 Å². The zero-order valence-corrected chi connectivity index (χ0v) is 9.42. The van der Waals surface area contributed by atoms with E-state index in [2.05, 4.69) is 10.2 Å². The minimum atomic E-state index is -0.116. The first-order valence-corrected chi connectivity index (χ1v) is 5.42. The summed E-state index contributed by atoms with van der Waals surface area (Å²) in [4.78, 5) is 13.7. The number of amides is 1. The molecule has 0 unspecified atom stereocenters. The first-order valence-electron chi connectivity index (χ1n) is 4.66. The summed E-state index contributed by atoms with van der Waals surface area (Å²) in [7, 11) is 0. The summed E-state index contributed by atoms with van der Waals surface area (Å²) < 4.78 is 0. The van der Waals surface area contributed by atoms with E-state index in [0.717, 1.165) is 25.9 Å². The zero-order chi connectivity index (χ0) is 10.8. The van der Waals surface area contributed by atoms with Gasteiger partial charge in [0.2, 0.25) is 0 Å². The topological polar surface area (TPSA) is 46.1 Å². The number of nitrogens with zero attached hydrogens (tertiary/aromatic N) is 3. The molecule has 2 rings (SSSR count). The maximum atomic E-state index is 11.9. The van der Waals surface area contributed by atoms with E-state index in [-0.39, 0.29) is 16.2 Å². The predicted octanol–water partition coefficient (Wildman–Crippen LogP) is 2.02. The molecule has 80 valence electrons. The van der Waals surface area contributed by atoms with Crippen LogP contribution in [-0.4, -0.2) is 34.1 Å². The SMILES string of the molecule is O=C(c1cc(Cl)nnc1Cl)N1CCCC1. The molecule has 0 spiro atoms. The van der Waals surface area contributed by atoms with Crippen LogP contribution in [-0.2, 0) is 0 Å². The Hall–Kier alpha value is -0.870. The molecular formula is C9H9Cl2N3O. The quantitative estimate of drug-likeness (QED) is 0.761. The second-order valence-electron chi connectivity index (χ2n) is 3.37. The minimum Gasteiger partial charge on any atom is -0.339 e. The summed E-state index contributed by atoms with van der Waals surface area (Å²) in [5.41, 5.74) is 0.332. The van der Waals surface area contributed by atoms with E-state index in [1.54, 1.807) is 4.90 Å². The van der Waals surface area contributed by atoms with Gasteiger partial charge < -0.3 is 4.90 Å². The number of hydrogen-bond acceptors (Lipinski definition) is 3. The maximum Gasteiger partial charge on any atom is 0.257 e. The highest BCUT2D eigenvalue weighted by Gasteiger charge is 2.22. The third-order valence-corrected chi connectivity index (χ3v) is 2.81. The van der Waals surface area contributed by atoms with Crippen molar-refractivity contribution in [2.75, 3.05) is 13.1 Å². The van der Waals surface area contributed by atoms with E-state index in [1.165, 1.54) is 6.07 Å². The van der Waals surface area contributed by atoms with Crippen LogP contribution >= 0.6 is 23.2 Å². The predicted molar refractivity (Wildman–Crippen MR) is 57.2 cm³/mol. The minimum absolute atomic E-state index is 0.108. The van der Waals surface area contributed by atoms with Gasteiger partial charge in [0.05, 0.1) is 5.56 Å². The van der Waals surface area contributed by atoms with Crippen molar-refractivity contribution in [2.24, 2.45) is 0 Å². The lowest BCUT2D eigenvalue weighted by molar-refractivity contribution is 0.0792. The normalized spacial score (nSPS) is 15.7. The number of carbonyl (C=O) groups is 1. The molecule has 0 radical (unpaired) electrons. The van der Waals surface area contributed by atoms with Crippen LogP contribution in [0.5, 0.6) is 0 Å². The van der Waals surface area contributed by atoms with Crippen molar-refractivity contribution in [2.45, 2.75) is 12.8 Å². The van der Waals surface area contributed by atoms with Gasteiger partial charge >= 0.3 is 0 Å². The Morgan fingerprint density at radius 2 is 1.93 bits per heavy atom. The summed E-state index contributed by atoms with van der Waals surface area (Å²) in [5.74, 6) is -0.116. The van der Waals surface area contributed by atoms with E-state index < -0.39 is 0 Å². The van der Waals surface area contributed by atoms with Crippen molar-refractivity contribution in [3.63, 3.8) is 0 Å². The summed E-state index contributed by atoms with van der Waals surface area (Å²) in [6, 6.07) is 1.46. The van der Waals surface area contributed by atoms with Crippen LogP contribution in [0.2, 0.25) is 10.3 Å². The van der Waals surface area contributed by atoms with E-state index in [0.29, 0.717) is 5.56 Å². The third kappa shape index (κ3) is 2.21. The van der Waals surface area contributed by atoms with Crippen LogP contribution in [0.1, 0.15) is 23.2 Å². The first kappa shape index (κ1) is 10.6. The van der Waals surface area contributed by atoms with Crippen LogP contribution in [0.25, 0.3) is 0 Å². The van der Waals surface area contributed by atoms with E-state index in [9.17, 15) is 4.79 Å². The fourth-order valence-electron chi connectivity index (χ4n) is 1.59. The molecule has 0 saturated carbocycles. The van der Waals surface area contributed by atoms with Gasteiger partial charge in [0.1, 0.15) is 0 Å². The molecule has 0 aliphatic carbocycles. The van der Waals surface area contributed by atoms with E-state index in [1.807, 2.05) is 0 Å². The molecule has 1 aromatic rings. The molecular weight excluding hydrogens is 237 g/mol. The molecule has 1 amide bonds. The van der Waals surface area contributed by atoms with Crippen molar-refractivity contribution in [3.05, 3.63) is 21.9 Å². The number of aromatic nitrogens is 2. The molecule has 0 atom stereocenters. The second-order valence-corrected chi connectivity index (χ2v) is 4.12. The Kier molecular flexibility index (Phi) is 3.07. The van der Waals surface area contributed by atoms with Crippen LogP contribution < -0.4 is 0 Å². The summed E-state index contributed by atoms with van der Waals surface area (Å²) in [6.45, 7) is 1.55. The average molecular weight is 246 g/mol. The highest BCUT2D eigenvalue weighted by atomic mass is 35.5. The average Bonchev–Trinajstić information content (AvgIpc) is 2.74. The molecule has 1 aromatic heterocycles. The van der Waals surface area contributed by atoms with Crippen LogP contribution in [0.3, 0.4) is 0 Å². The maximum absolute atomic E-state index is 11.9. The molecule has 6 heteroatoms. The number of rotatable bonds is 1. The van der Waals surface area contributed by atoms with Gasteiger partial charge in [-0.15, -0.1) is 10.2 Å². The Balaban J connectivity index is 2.27. The highest BCUT2D eigenvalue weighted by molar-refractivity contribution is 6.34. The molecule has 1 fully saturated rings. The van der Waals surface area contributed by atoms with Crippen LogP contribution in [0.4, 0.5) is 0 Å². The van der Waals surface area contributed by atoms with Crippen molar-refractivity contribution < 1.29 is 4.79 Å². The van der Waals surface area contributed by atoms with Crippen LogP contribution in [0.15, 0.2) is 6.07 Å². The molecule has 0 aromatic carbocycles. The Bertz CT molecular complexity index is 391. The zero-order valence-electron chi connectivity index (χ0n) is 7.91. The lowest BCUT2D eigenvalue weighted by atomic mass is 10.3. The first-order chi connectivity index (χ1) is 7.18. The Labute approximate surface area is 97.2 Å². The second kappa shape index (κ2) is 4.33. The summed E-state index contributed by atoms with van der Waals surface area (Å²) in [5, 5.41) is 7.46. The number of carbonyl (C=O) groups excluding carboxylic acids is 1. The third-order valence-electron chi connectivity index (χ3n) is 2.34. The fourth-order valence-corrected chi connectivity index (χ4v) is 1.91. The van der Waals surface area contributed by atoms with Gasteiger partial charge in [0, 0.05) is 13.1 Å². The van der Waals surface area contributed by atoms with Gasteiger partial charge in [-0.25, -0.2) is 0 Å². The summed E-state index contributed by atoms with van der Waals surface area (Å²) in [6.07, 6.45) is 2.07. The lowest BCUT2D eigenvalue weighted by Crippen LogP contribution is -2.28. The number of halogens is 2. The van der Waals surface area contributed by atoms with Gasteiger partial charge in [-0.3, -0.25) is 4.79 Å². The van der Waals surface area contributed by atoms with E-state index >= 15 is 0 Å². The number of likely N-dealkylation sites (tertiary alicyclic amines) is 1. The highest BCUT2D eigenvalue weighted by Crippen LogP contribution is 2.19. The molecule has 2 heterocycles. The molecule has 15 heavy (non-hydrogen) atoms. The van der Waals surface area contributed by atoms with Gasteiger partial charge in [-0.05, 0) is 18.9 Å². The molecule has 0 bridgehead atoms. The fraction of sp³-hybridized carbons (Fsp3) is 0.444. The smallest absolute Gasteiger partial charge is 0.257 e. The van der Waals surface area contributed by atoms with Gasteiger partial charge in [-0.2, -0.15) is 0 Å². The van der Waals surface area contributed by atoms with E-state index in [4.69, 9.17) is 23.2 Å². The van der Waals surface area contributed by atoms with Gasteiger partial charge in [0.15, 0.2) is 10.3 Å². The monoisotopic (exact) mass is 245 g/mol. The summed E-state index contributed by atoms with van der Waals surface area (Å²) >= 11 is 11.5. The molecule has 4 nitrogen and oxygen atoms in total. The number of hydrogen-bond donors (Lipinski definition) is 0. The van der Waals surface area contributed by atoms with Crippen molar-refractivity contribution >= 4 is 29.1 Å². The van der Waals surface area contributed by atoms with Gasteiger partial charge in [0.25, 0.3) is 5.91 Å². The van der Waals surface area contributed by atoms with Crippen molar-refractivity contribution in [3.8, 4) is 0 Å². The largest absolute Gasteiger partial charge is 0.339 e. The molecule has 1 aliphatic rings. The molecule has 1 saturated heterocycles. The lowest BCUT2D eigenvalue weighted by Gasteiger charge is -2.15.